The molecule has 1 saturated heterocycles. The van der Waals surface area contributed by atoms with E-state index < -0.39 is 0 Å². The highest BCUT2D eigenvalue weighted by Crippen LogP contribution is 2.22. The third-order valence-corrected chi connectivity index (χ3v) is 4.11. The Kier molecular flexibility index (Phi) is 4.88. The van der Waals surface area contributed by atoms with Crippen LogP contribution in [0.25, 0.3) is 0 Å². The SMILES string of the molecule is COC1(CNC(=O)c2cc(Br)cn2C(C)C)CCOC1. The van der Waals surface area contributed by atoms with Crippen LogP contribution in [-0.4, -0.2) is 42.9 Å². The Hall–Kier alpha value is -0.850. The summed E-state index contributed by atoms with van der Waals surface area (Å²) < 4.78 is 13.7. The first kappa shape index (κ1) is 15.5. The number of hydrogen-bond acceptors (Lipinski definition) is 3. The molecule has 112 valence electrons. The normalized spacial score (nSPS) is 22.4. The first-order chi connectivity index (χ1) is 9.47. The van der Waals surface area contributed by atoms with Gasteiger partial charge in [-0.05, 0) is 35.8 Å². The van der Waals surface area contributed by atoms with E-state index in [1.54, 1.807) is 7.11 Å². The maximum atomic E-state index is 12.3. The molecule has 0 bridgehead atoms. The Morgan fingerprint density at radius 3 is 2.95 bits per heavy atom. The van der Waals surface area contributed by atoms with Crippen LogP contribution >= 0.6 is 15.9 Å². The van der Waals surface area contributed by atoms with Gasteiger partial charge in [0.05, 0.1) is 6.61 Å². The number of methoxy groups -OCH3 is 1. The molecule has 1 atom stereocenters. The second-order valence-electron chi connectivity index (χ2n) is 5.42. The highest BCUT2D eigenvalue weighted by molar-refractivity contribution is 9.10. The van der Waals surface area contributed by atoms with E-state index >= 15 is 0 Å². The molecule has 1 amide bonds. The lowest BCUT2D eigenvalue weighted by atomic mass is 10.0. The number of aromatic nitrogens is 1. The molecule has 2 rings (SSSR count). The zero-order valence-corrected chi connectivity index (χ0v) is 13.7. The molecule has 5 nitrogen and oxygen atoms in total. The Labute approximate surface area is 127 Å². The molecule has 1 N–H and O–H groups in total. The first-order valence-electron chi connectivity index (χ1n) is 6.76. The minimum Gasteiger partial charge on any atom is -0.378 e. The molecule has 1 aliphatic heterocycles. The number of rotatable bonds is 5. The fourth-order valence-corrected chi connectivity index (χ4v) is 2.79. The predicted octanol–water partition coefficient (Wildman–Crippen LogP) is 2.37. The number of hydrogen-bond donors (Lipinski definition) is 1. The van der Waals surface area contributed by atoms with Crippen molar-refractivity contribution in [2.75, 3.05) is 26.9 Å². The van der Waals surface area contributed by atoms with Crippen molar-refractivity contribution in [2.24, 2.45) is 0 Å². The number of nitrogens with zero attached hydrogens (tertiary/aromatic N) is 1. The van der Waals surface area contributed by atoms with Crippen LogP contribution < -0.4 is 5.32 Å². The van der Waals surface area contributed by atoms with Gasteiger partial charge in [0.2, 0.25) is 0 Å². The van der Waals surface area contributed by atoms with E-state index in [1.165, 1.54) is 0 Å². The lowest BCUT2D eigenvalue weighted by Crippen LogP contribution is -2.45. The number of ether oxygens (including phenoxy) is 2. The summed E-state index contributed by atoms with van der Waals surface area (Å²) in [6.07, 6.45) is 2.73. The van der Waals surface area contributed by atoms with E-state index in [9.17, 15) is 4.79 Å². The first-order valence-corrected chi connectivity index (χ1v) is 7.55. The second-order valence-corrected chi connectivity index (χ2v) is 6.33. The van der Waals surface area contributed by atoms with Crippen molar-refractivity contribution in [3.8, 4) is 0 Å². The van der Waals surface area contributed by atoms with Gasteiger partial charge in [0.1, 0.15) is 11.3 Å². The number of nitrogens with one attached hydrogen (secondary N) is 1. The smallest absolute Gasteiger partial charge is 0.268 e. The zero-order chi connectivity index (χ0) is 14.8. The number of amides is 1. The summed E-state index contributed by atoms with van der Waals surface area (Å²) in [4.78, 5) is 12.3. The van der Waals surface area contributed by atoms with Crippen LogP contribution in [0.3, 0.4) is 0 Å². The summed E-state index contributed by atoms with van der Waals surface area (Å²) in [6.45, 7) is 5.76. The largest absolute Gasteiger partial charge is 0.378 e. The summed E-state index contributed by atoms with van der Waals surface area (Å²) in [7, 11) is 1.66. The Balaban J connectivity index is 2.05. The summed E-state index contributed by atoms with van der Waals surface area (Å²) in [5, 5.41) is 2.96. The molecule has 0 aliphatic carbocycles. The molecule has 6 heteroatoms. The van der Waals surface area contributed by atoms with Crippen molar-refractivity contribution in [1.29, 1.82) is 0 Å². The van der Waals surface area contributed by atoms with Gasteiger partial charge in [-0.3, -0.25) is 4.79 Å². The molecule has 1 aliphatic rings. The third-order valence-electron chi connectivity index (χ3n) is 3.68. The van der Waals surface area contributed by atoms with Gasteiger partial charge < -0.3 is 19.4 Å². The Bertz CT molecular complexity index is 479. The highest BCUT2D eigenvalue weighted by Gasteiger charge is 2.35. The lowest BCUT2D eigenvalue weighted by Gasteiger charge is -2.26. The van der Waals surface area contributed by atoms with Crippen LogP contribution in [0.15, 0.2) is 16.7 Å². The van der Waals surface area contributed by atoms with Crippen LogP contribution in [0, 0.1) is 0 Å². The predicted molar refractivity (Wildman–Crippen MR) is 80.0 cm³/mol. The highest BCUT2D eigenvalue weighted by atomic mass is 79.9. The number of carbonyl (C=O) groups is 1. The summed E-state index contributed by atoms with van der Waals surface area (Å²) in [6, 6.07) is 2.06. The number of halogens is 1. The number of carbonyl (C=O) groups excluding carboxylic acids is 1. The van der Waals surface area contributed by atoms with Crippen LogP contribution in [0.1, 0.15) is 36.8 Å². The summed E-state index contributed by atoms with van der Waals surface area (Å²) >= 11 is 3.42. The van der Waals surface area contributed by atoms with Crippen molar-refractivity contribution in [3.05, 3.63) is 22.4 Å². The van der Waals surface area contributed by atoms with Gasteiger partial charge in [0.25, 0.3) is 5.91 Å². The molecule has 0 aromatic carbocycles. The molecular weight excluding hydrogens is 324 g/mol. The van der Waals surface area contributed by atoms with Gasteiger partial charge in [-0.15, -0.1) is 0 Å². The summed E-state index contributed by atoms with van der Waals surface area (Å²) in [5.41, 5.74) is 0.263. The second kappa shape index (κ2) is 6.28. The molecule has 1 fully saturated rings. The van der Waals surface area contributed by atoms with Gasteiger partial charge in [-0.2, -0.15) is 0 Å². The molecule has 0 radical (unpaired) electrons. The van der Waals surface area contributed by atoms with Crippen molar-refractivity contribution >= 4 is 21.8 Å². The Morgan fingerprint density at radius 2 is 2.40 bits per heavy atom. The molecule has 20 heavy (non-hydrogen) atoms. The van der Waals surface area contributed by atoms with E-state index in [0.717, 1.165) is 10.9 Å². The average Bonchev–Trinajstić information content (AvgIpc) is 3.03. The Morgan fingerprint density at radius 1 is 1.65 bits per heavy atom. The van der Waals surface area contributed by atoms with Crippen molar-refractivity contribution < 1.29 is 14.3 Å². The van der Waals surface area contributed by atoms with E-state index in [0.29, 0.717) is 25.5 Å². The molecule has 2 heterocycles. The molecular formula is C14H21BrN2O3. The van der Waals surface area contributed by atoms with Crippen LogP contribution in [0.4, 0.5) is 0 Å². The van der Waals surface area contributed by atoms with E-state index in [1.807, 2.05) is 30.7 Å². The van der Waals surface area contributed by atoms with Crippen molar-refractivity contribution in [2.45, 2.75) is 31.9 Å². The van der Waals surface area contributed by atoms with Crippen LogP contribution in [0.2, 0.25) is 0 Å². The van der Waals surface area contributed by atoms with Gasteiger partial charge in [0, 0.05) is 43.4 Å². The maximum Gasteiger partial charge on any atom is 0.268 e. The maximum absolute atomic E-state index is 12.3. The lowest BCUT2D eigenvalue weighted by molar-refractivity contribution is -0.0149. The monoisotopic (exact) mass is 344 g/mol. The molecule has 0 spiro atoms. The van der Waals surface area contributed by atoms with Gasteiger partial charge in [-0.25, -0.2) is 0 Å². The summed E-state index contributed by atoms with van der Waals surface area (Å²) in [5.74, 6) is -0.0901. The molecule has 1 aromatic heterocycles. The standard InChI is InChI=1S/C14H21BrN2O3/c1-10(2)17-7-11(15)6-12(17)13(18)16-8-14(19-3)4-5-20-9-14/h6-7,10H,4-5,8-9H2,1-3H3,(H,16,18). The third kappa shape index (κ3) is 3.24. The molecule has 0 saturated carbocycles. The van der Waals surface area contributed by atoms with Crippen molar-refractivity contribution in [3.63, 3.8) is 0 Å². The van der Waals surface area contributed by atoms with Crippen molar-refractivity contribution in [1.82, 2.24) is 9.88 Å². The van der Waals surface area contributed by atoms with Gasteiger partial charge >= 0.3 is 0 Å². The van der Waals surface area contributed by atoms with E-state index in [2.05, 4.69) is 21.2 Å². The topological polar surface area (TPSA) is 52.5 Å². The minimum absolute atomic E-state index is 0.0901. The van der Waals surface area contributed by atoms with Crippen LogP contribution in [-0.2, 0) is 9.47 Å². The fraction of sp³-hybridized carbons (Fsp3) is 0.643. The van der Waals surface area contributed by atoms with E-state index in [4.69, 9.17) is 9.47 Å². The van der Waals surface area contributed by atoms with E-state index in [-0.39, 0.29) is 17.6 Å². The zero-order valence-electron chi connectivity index (χ0n) is 12.1. The van der Waals surface area contributed by atoms with Crippen LogP contribution in [0.5, 0.6) is 0 Å². The minimum atomic E-state index is -0.387. The quantitative estimate of drug-likeness (QED) is 0.891. The fourth-order valence-electron chi connectivity index (χ4n) is 2.35. The van der Waals surface area contributed by atoms with Gasteiger partial charge in [0.15, 0.2) is 0 Å². The van der Waals surface area contributed by atoms with Gasteiger partial charge in [-0.1, -0.05) is 0 Å². The average molecular weight is 345 g/mol. The molecule has 1 aromatic rings. The molecule has 1 unspecified atom stereocenters.